The molecular formula is C11H19BF4O. The van der Waals surface area contributed by atoms with E-state index < -0.39 is 7.25 Å². The van der Waals surface area contributed by atoms with Crippen LogP contribution < -0.4 is 5.43 Å². The van der Waals surface area contributed by atoms with E-state index in [9.17, 15) is 17.3 Å². The van der Waals surface area contributed by atoms with E-state index in [1.807, 2.05) is 0 Å². The topological polar surface area (TPSA) is 11.3 Å². The van der Waals surface area contributed by atoms with Crippen LogP contribution in [0.25, 0.3) is 0 Å². The van der Waals surface area contributed by atoms with Gasteiger partial charge in [-0.2, -0.15) is 0 Å². The lowest BCUT2D eigenvalue weighted by molar-refractivity contribution is 0.368. The summed E-state index contributed by atoms with van der Waals surface area (Å²) < 4.78 is 44.5. The highest BCUT2D eigenvalue weighted by Gasteiger charge is 2.27. The summed E-state index contributed by atoms with van der Waals surface area (Å²) in [5.74, 6) is 0. The highest BCUT2D eigenvalue weighted by Crippen LogP contribution is 2.14. The fourth-order valence-electron chi connectivity index (χ4n) is 1.60. The van der Waals surface area contributed by atoms with E-state index in [2.05, 4.69) is 20.8 Å². The van der Waals surface area contributed by atoms with Gasteiger partial charge in [-0.1, -0.05) is 26.7 Å². The Balaban J connectivity index is 0.000000437. The van der Waals surface area contributed by atoms with Crippen LogP contribution in [0.1, 0.15) is 44.7 Å². The first-order valence-electron chi connectivity index (χ1n) is 5.94. The highest BCUT2D eigenvalue weighted by molar-refractivity contribution is 6.50. The molecule has 0 radical (unpaired) electrons. The molecule has 1 aromatic rings. The zero-order chi connectivity index (χ0) is 13.5. The molecule has 0 amide bonds. The molecule has 1 aromatic carbocycles. The average molecular weight is 254 g/mol. The van der Waals surface area contributed by atoms with E-state index in [4.69, 9.17) is 4.42 Å². The zero-order valence-corrected chi connectivity index (χ0v) is 10.5. The smallest absolute Gasteiger partial charge is 0.418 e. The van der Waals surface area contributed by atoms with Gasteiger partial charge in [0.15, 0.2) is 0 Å². The summed E-state index contributed by atoms with van der Waals surface area (Å²) in [4.78, 5) is 0. The summed E-state index contributed by atoms with van der Waals surface area (Å²) in [5.41, 5.74) is 4.27. The van der Waals surface area contributed by atoms with Crippen LogP contribution in [0, 0.1) is 0 Å². The van der Waals surface area contributed by atoms with Crippen molar-refractivity contribution in [1.82, 2.24) is 0 Å². The minimum atomic E-state index is -6.00. The molecule has 0 aromatic heterocycles. The molecule has 0 atom stereocenters. The van der Waals surface area contributed by atoms with Crippen molar-refractivity contribution in [3.8, 4) is 0 Å². The molecule has 1 nitrogen and oxygen atoms in total. The van der Waals surface area contributed by atoms with Crippen molar-refractivity contribution < 1.29 is 17.3 Å². The highest BCUT2D eigenvalue weighted by atomic mass is 19.5. The van der Waals surface area contributed by atoms with Crippen LogP contribution in [0.4, 0.5) is 17.3 Å². The fraction of sp³-hybridized carbons (Fsp3) is 0.727. The molecule has 1 rings (SSSR count). The van der Waals surface area contributed by atoms with Crippen molar-refractivity contribution in [3.05, 3.63) is 21.0 Å². The molecule has 0 saturated carbocycles. The summed E-state index contributed by atoms with van der Waals surface area (Å²) in [6.07, 6.45) is 4.90. The monoisotopic (exact) mass is 254 g/mol. The molecule has 0 aliphatic carbocycles. The van der Waals surface area contributed by atoms with Gasteiger partial charge in [-0.05, 0) is 12.8 Å². The Hall–Kier alpha value is -0.805. The third-order valence-electron chi connectivity index (χ3n) is 2.14. The molecule has 6 heteroatoms. The normalized spacial score (nSPS) is 11.2. The Labute approximate surface area is 99.3 Å². The molecule has 0 aliphatic rings. The number of hydrogen-bond acceptors (Lipinski definition) is 0. The van der Waals surface area contributed by atoms with E-state index in [-0.39, 0.29) is 0 Å². The fourth-order valence-corrected chi connectivity index (χ4v) is 1.60. The first kappa shape index (κ1) is 16.2. The molecule has 0 bridgehead atoms. The van der Waals surface area contributed by atoms with Crippen molar-refractivity contribution in [2.75, 3.05) is 6.61 Å². The summed E-state index contributed by atoms with van der Waals surface area (Å²) in [6, 6.07) is 0. The van der Waals surface area contributed by atoms with Crippen molar-refractivity contribution in [3.63, 3.8) is 0 Å². The van der Waals surface area contributed by atoms with Crippen molar-refractivity contribution in [2.45, 2.75) is 46.5 Å². The Morgan fingerprint density at radius 3 is 1.47 bits per heavy atom. The Bertz CT molecular complexity index is 310. The number of hydrogen-bond donors (Lipinski definition) is 0. The maximum absolute atomic E-state index is 9.75. The quantitative estimate of drug-likeness (QED) is 0.431. The summed E-state index contributed by atoms with van der Waals surface area (Å²) in [7, 11) is -6.00. The molecule has 17 heavy (non-hydrogen) atoms. The minimum absolute atomic E-state index is 0.815. The van der Waals surface area contributed by atoms with Crippen molar-refractivity contribution >= 4 is 7.25 Å². The van der Waals surface area contributed by atoms with Crippen LogP contribution in [0.2, 0.25) is 0 Å². The van der Waals surface area contributed by atoms with Gasteiger partial charge in [-0.25, -0.2) is 0 Å². The predicted molar refractivity (Wildman–Crippen MR) is 63.8 cm³/mol. The third kappa shape index (κ3) is 7.99. The first-order chi connectivity index (χ1) is 7.85. The lowest BCUT2D eigenvalue weighted by Gasteiger charge is -1.94. The van der Waals surface area contributed by atoms with Gasteiger partial charge in [0.25, 0.3) is 6.61 Å². The first-order valence-corrected chi connectivity index (χ1v) is 5.94. The molecule has 0 saturated heterocycles. The van der Waals surface area contributed by atoms with Crippen LogP contribution in [0.5, 0.6) is 0 Å². The lowest BCUT2D eigenvalue weighted by atomic mass is 10.2. The maximum atomic E-state index is 9.75. The zero-order valence-electron chi connectivity index (χ0n) is 10.5. The molecule has 0 unspecified atom stereocenters. The van der Waals surface area contributed by atoms with Gasteiger partial charge in [0.2, 0.25) is 0 Å². The van der Waals surface area contributed by atoms with Gasteiger partial charge in [-0.3, -0.25) is 4.42 Å². The van der Waals surface area contributed by atoms with Gasteiger partial charge in [0.05, 0.1) is 11.1 Å². The Morgan fingerprint density at radius 1 is 0.882 bits per heavy atom. The summed E-state index contributed by atoms with van der Waals surface area (Å²) in [5, 5.41) is 0. The SMILES string of the molecule is CCCc1c(CCC)c1=[O+]CC.F[B-](F)(F)F. The van der Waals surface area contributed by atoms with E-state index >= 15 is 0 Å². The van der Waals surface area contributed by atoms with Crippen molar-refractivity contribution in [1.29, 1.82) is 0 Å². The van der Waals surface area contributed by atoms with Crippen molar-refractivity contribution in [2.24, 2.45) is 0 Å². The van der Waals surface area contributed by atoms with Crippen LogP contribution in [0.15, 0.2) is 4.42 Å². The summed E-state index contributed by atoms with van der Waals surface area (Å²) >= 11 is 0. The number of halogens is 4. The minimum Gasteiger partial charge on any atom is -0.418 e. The standard InChI is InChI=1S/C11H19O.BF4/c1-4-7-9-10(8-5-2)11(9)12-6-3;2-1(3,4)5/h4-8H2,1-3H3;/q+1;-1. The largest absolute Gasteiger partial charge is 0.673 e. The molecule has 0 N–H and O–H groups in total. The molecular weight excluding hydrogens is 235 g/mol. The van der Waals surface area contributed by atoms with Crippen LogP contribution in [-0.4, -0.2) is 13.9 Å². The Kier molecular flexibility index (Phi) is 7.15. The molecule has 0 heterocycles. The van der Waals surface area contributed by atoms with E-state index in [1.165, 1.54) is 42.2 Å². The van der Waals surface area contributed by atoms with E-state index in [0.717, 1.165) is 6.61 Å². The van der Waals surface area contributed by atoms with Gasteiger partial charge in [0.1, 0.15) is 0 Å². The molecule has 0 fully saturated rings. The third-order valence-corrected chi connectivity index (χ3v) is 2.14. The van der Waals surface area contributed by atoms with Gasteiger partial charge in [-0.15, -0.1) is 0 Å². The van der Waals surface area contributed by atoms with E-state index in [1.54, 1.807) is 0 Å². The van der Waals surface area contributed by atoms with Gasteiger partial charge in [0, 0.05) is 6.92 Å². The Morgan fingerprint density at radius 2 is 1.24 bits per heavy atom. The predicted octanol–water partition coefficient (Wildman–Crippen LogP) is 3.68. The molecule has 100 valence electrons. The molecule has 0 spiro atoms. The summed E-state index contributed by atoms with van der Waals surface area (Å²) in [6.45, 7) is 7.31. The van der Waals surface area contributed by atoms with Gasteiger partial charge >= 0.3 is 12.7 Å². The van der Waals surface area contributed by atoms with Crippen LogP contribution >= 0.6 is 0 Å². The second-order valence-electron chi connectivity index (χ2n) is 3.71. The lowest BCUT2D eigenvalue weighted by Crippen LogP contribution is -2.02. The second kappa shape index (κ2) is 7.51. The number of rotatable bonds is 5. The second-order valence-corrected chi connectivity index (χ2v) is 3.71. The van der Waals surface area contributed by atoms with Crippen LogP contribution in [0.3, 0.4) is 0 Å². The molecule has 0 aliphatic heterocycles. The average Bonchev–Trinajstić information content (AvgIpc) is 2.78. The van der Waals surface area contributed by atoms with Crippen LogP contribution in [-0.2, 0) is 12.8 Å². The maximum Gasteiger partial charge on any atom is 0.673 e. The van der Waals surface area contributed by atoms with E-state index in [0.29, 0.717) is 0 Å². The van der Waals surface area contributed by atoms with Gasteiger partial charge < -0.3 is 17.3 Å².